The zero-order valence-electron chi connectivity index (χ0n) is 9.01. The van der Waals surface area contributed by atoms with E-state index in [4.69, 9.17) is 22.1 Å². The fourth-order valence-corrected chi connectivity index (χ4v) is 2.28. The van der Waals surface area contributed by atoms with Crippen LogP contribution in [-0.4, -0.2) is 13.2 Å². The lowest BCUT2D eigenvalue weighted by Gasteiger charge is -2.16. The Bertz CT molecular complexity index is 379. The number of hydrogen-bond donors (Lipinski definition) is 1. The molecule has 2 nitrogen and oxygen atoms in total. The van der Waals surface area contributed by atoms with Gasteiger partial charge in [0.15, 0.2) is 0 Å². The Balaban J connectivity index is 1.97. The van der Waals surface area contributed by atoms with Crippen LogP contribution in [0.2, 0.25) is 5.02 Å². The lowest BCUT2D eigenvalue weighted by molar-refractivity contribution is 0.227. The van der Waals surface area contributed by atoms with Crippen LogP contribution in [0, 0.1) is 5.41 Å². The predicted molar refractivity (Wildman–Crippen MR) is 70.0 cm³/mol. The highest BCUT2D eigenvalue weighted by molar-refractivity contribution is 9.10. The SMILES string of the molecule is NCCC1(COc2cc(Br)ccc2Cl)CC1. The Hall–Kier alpha value is -0.250. The van der Waals surface area contributed by atoms with E-state index in [1.54, 1.807) is 0 Å². The summed E-state index contributed by atoms with van der Waals surface area (Å²) in [7, 11) is 0. The molecular weight excluding hydrogens is 289 g/mol. The first-order valence-corrected chi connectivity index (χ1v) is 6.60. The van der Waals surface area contributed by atoms with Crippen molar-refractivity contribution in [3.63, 3.8) is 0 Å². The van der Waals surface area contributed by atoms with Crippen molar-refractivity contribution >= 4 is 27.5 Å². The zero-order chi connectivity index (χ0) is 11.6. The fourth-order valence-electron chi connectivity index (χ4n) is 1.77. The van der Waals surface area contributed by atoms with Gasteiger partial charge < -0.3 is 10.5 Å². The number of rotatable bonds is 5. The molecule has 0 spiro atoms. The maximum absolute atomic E-state index is 6.05. The second-order valence-corrected chi connectivity index (χ2v) is 5.72. The predicted octanol–water partition coefficient (Wildman–Crippen LogP) is 3.61. The summed E-state index contributed by atoms with van der Waals surface area (Å²) < 4.78 is 6.76. The van der Waals surface area contributed by atoms with E-state index in [1.807, 2.05) is 18.2 Å². The Morgan fingerprint density at radius 1 is 1.44 bits per heavy atom. The summed E-state index contributed by atoms with van der Waals surface area (Å²) in [4.78, 5) is 0. The molecule has 0 aromatic heterocycles. The molecular formula is C12H15BrClNO. The standard InChI is InChI=1S/C12H15BrClNO/c13-9-1-2-10(14)11(7-9)16-8-12(3-4-12)5-6-15/h1-2,7H,3-6,8,15H2. The summed E-state index contributed by atoms with van der Waals surface area (Å²) in [5, 5.41) is 0.659. The van der Waals surface area contributed by atoms with Crippen molar-refractivity contribution in [2.75, 3.05) is 13.2 Å². The maximum atomic E-state index is 6.05. The van der Waals surface area contributed by atoms with Gasteiger partial charge in [-0.1, -0.05) is 27.5 Å². The van der Waals surface area contributed by atoms with E-state index in [-0.39, 0.29) is 0 Å². The van der Waals surface area contributed by atoms with Crippen LogP contribution < -0.4 is 10.5 Å². The van der Waals surface area contributed by atoms with Crippen LogP contribution in [-0.2, 0) is 0 Å². The van der Waals surface area contributed by atoms with Crippen molar-refractivity contribution in [3.05, 3.63) is 27.7 Å². The Kier molecular flexibility index (Phi) is 3.77. The molecule has 1 aromatic rings. The van der Waals surface area contributed by atoms with E-state index in [9.17, 15) is 0 Å². The number of ether oxygens (including phenoxy) is 1. The van der Waals surface area contributed by atoms with Gasteiger partial charge in [-0.3, -0.25) is 0 Å². The molecule has 2 rings (SSSR count). The van der Waals surface area contributed by atoms with Gasteiger partial charge in [-0.25, -0.2) is 0 Å². The summed E-state index contributed by atoms with van der Waals surface area (Å²) >= 11 is 9.46. The zero-order valence-corrected chi connectivity index (χ0v) is 11.4. The monoisotopic (exact) mass is 303 g/mol. The number of hydrogen-bond acceptors (Lipinski definition) is 2. The van der Waals surface area contributed by atoms with Crippen LogP contribution in [0.15, 0.2) is 22.7 Å². The molecule has 88 valence electrons. The van der Waals surface area contributed by atoms with Crippen molar-refractivity contribution in [2.45, 2.75) is 19.3 Å². The third-order valence-corrected chi connectivity index (χ3v) is 3.86. The van der Waals surface area contributed by atoms with Crippen LogP contribution in [0.4, 0.5) is 0 Å². The first-order chi connectivity index (χ1) is 7.65. The van der Waals surface area contributed by atoms with Gasteiger partial charge in [0.05, 0.1) is 11.6 Å². The Morgan fingerprint density at radius 2 is 2.19 bits per heavy atom. The molecule has 1 aliphatic carbocycles. The molecule has 16 heavy (non-hydrogen) atoms. The third-order valence-electron chi connectivity index (χ3n) is 3.06. The molecule has 1 saturated carbocycles. The largest absolute Gasteiger partial charge is 0.491 e. The minimum Gasteiger partial charge on any atom is -0.491 e. The molecule has 2 N–H and O–H groups in total. The van der Waals surface area contributed by atoms with E-state index < -0.39 is 0 Å². The van der Waals surface area contributed by atoms with Crippen LogP contribution in [0.3, 0.4) is 0 Å². The van der Waals surface area contributed by atoms with Crippen LogP contribution >= 0.6 is 27.5 Å². The number of halogens is 2. The van der Waals surface area contributed by atoms with Crippen LogP contribution in [0.5, 0.6) is 5.75 Å². The van der Waals surface area contributed by atoms with E-state index in [1.165, 1.54) is 12.8 Å². The summed E-state index contributed by atoms with van der Waals surface area (Å²) in [6, 6.07) is 5.65. The fraction of sp³-hybridized carbons (Fsp3) is 0.500. The highest BCUT2D eigenvalue weighted by atomic mass is 79.9. The quantitative estimate of drug-likeness (QED) is 0.902. The van der Waals surface area contributed by atoms with E-state index in [2.05, 4.69) is 15.9 Å². The van der Waals surface area contributed by atoms with Gasteiger partial charge in [-0.15, -0.1) is 0 Å². The van der Waals surface area contributed by atoms with Crippen LogP contribution in [0.25, 0.3) is 0 Å². The molecule has 0 atom stereocenters. The third kappa shape index (κ3) is 2.90. The number of benzene rings is 1. The van der Waals surface area contributed by atoms with Crippen molar-refractivity contribution < 1.29 is 4.74 Å². The molecule has 4 heteroatoms. The summed E-state index contributed by atoms with van der Waals surface area (Å²) in [6.45, 7) is 1.45. The first kappa shape index (κ1) is 12.2. The molecule has 0 saturated heterocycles. The molecule has 0 aliphatic heterocycles. The molecule has 1 fully saturated rings. The van der Waals surface area contributed by atoms with Gasteiger partial charge in [0.2, 0.25) is 0 Å². The van der Waals surface area contributed by atoms with Crippen molar-refractivity contribution in [1.82, 2.24) is 0 Å². The number of nitrogens with two attached hydrogens (primary N) is 1. The molecule has 0 heterocycles. The lowest BCUT2D eigenvalue weighted by Crippen LogP contribution is -2.17. The molecule has 0 bridgehead atoms. The smallest absolute Gasteiger partial charge is 0.139 e. The van der Waals surface area contributed by atoms with Gasteiger partial charge in [0, 0.05) is 9.89 Å². The normalized spacial score (nSPS) is 17.2. The van der Waals surface area contributed by atoms with E-state index in [0.29, 0.717) is 10.4 Å². The maximum Gasteiger partial charge on any atom is 0.139 e. The van der Waals surface area contributed by atoms with Crippen molar-refractivity contribution in [3.8, 4) is 5.75 Å². The van der Waals surface area contributed by atoms with Gasteiger partial charge in [-0.2, -0.15) is 0 Å². The second-order valence-electron chi connectivity index (χ2n) is 4.40. The van der Waals surface area contributed by atoms with Gasteiger partial charge in [0.25, 0.3) is 0 Å². The average molecular weight is 305 g/mol. The molecule has 1 aromatic carbocycles. The Morgan fingerprint density at radius 3 is 2.81 bits per heavy atom. The first-order valence-electron chi connectivity index (χ1n) is 5.43. The minimum atomic E-state index is 0.320. The molecule has 0 radical (unpaired) electrons. The minimum absolute atomic E-state index is 0.320. The van der Waals surface area contributed by atoms with Crippen molar-refractivity contribution in [2.24, 2.45) is 11.1 Å². The second kappa shape index (κ2) is 4.94. The summed E-state index contributed by atoms with van der Waals surface area (Å²) in [5.41, 5.74) is 5.91. The highest BCUT2D eigenvalue weighted by Gasteiger charge is 2.42. The van der Waals surface area contributed by atoms with Crippen molar-refractivity contribution in [1.29, 1.82) is 0 Å². The lowest BCUT2D eigenvalue weighted by atomic mass is 10.0. The topological polar surface area (TPSA) is 35.2 Å². The molecule has 0 amide bonds. The van der Waals surface area contributed by atoms with Crippen LogP contribution in [0.1, 0.15) is 19.3 Å². The Labute approximate surface area is 109 Å². The molecule has 0 unspecified atom stereocenters. The van der Waals surface area contributed by atoms with E-state index in [0.717, 1.165) is 29.8 Å². The molecule has 1 aliphatic rings. The van der Waals surface area contributed by atoms with Gasteiger partial charge >= 0.3 is 0 Å². The van der Waals surface area contributed by atoms with E-state index >= 15 is 0 Å². The summed E-state index contributed by atoms with van der Waals surface area (Å²) in [5.74, 6) is 0.749. The van der Waals surface area contributed by atoms with Gasteiger partial charge in [-0.05, 0) is 44.0 Å². The van der Waals surface area contributed by atoms with Gasteiger partial charge in [0.1, 0.15) is 5.75 Å². The summed E-state index contributed by atoms with van der Waals surface area (Å²) in [6.07, 6.45) is 3.48. The average Bonchev–Trinajstić information content (AvgIpc) is 3.01. The highest BCUT2D eigenvalue weighted by Crippen LogP contribution is 2.48.